The molecule has 0 aliphatic rings. The lowest BCUT2D eigenvalue weighted by Crippen LogP contribution is -1.91. The van der Waals surface area contributed by atoms with Gasteiger partial charge in [-0.05, 0) is 48.0 Å². The van der Waals surface area contributed by atoms with Crippen molar-refractivity contribution in [2.75, 3.05) is 0 Å². The standard InChI is InChI=1S/C19H12ClFN2/c20-14-3-6-19-17(11-14)18(13-1-4-15(21)5-2-13)12-23(19)16-7-9-22-10-8-16/h1-12H. The van der Waals surface area contributed by atoms with Crippen molar-refractivity contribution >= 4 is 22.5 Å². The predicted molar refractivity (Wildman–Crippen MR) is 91.5 cm³/mol. The zero-order valence-electron chi connectivity index (χ0n) is 12.1. The third-order valence-corrected chi connectivity index (χ3v) is 4.10. The monoisotopic (exact) mass is 322 g/mol. The van der Waals surface area contributed by atoms with Gasteiger partial charge in [-0.1, -0.05) is 23.7 Å². The van der Waals surface area contributed by atoms with E-state index < -0.39 is 0 Å². The number of hydrogen-bond donors (Lipinski definition) is 0. The van der Waals surface area contributed by atoms with Gasteiger partial charge >= 0.3 is 0 Å². The topological polar surface area (TPSA) is 17.8 Å². The summed E-state index contributed by atoms with van der Waals surface area (Å²) in [5, 5.41) is 1.70. The van der Waals surface area contributed by atoms with Crippen molar-refractivity contribution in [1.82, 2.24) is 9.55 Å². The minimum atomic E-state index is -0.246. The lowest BCUT2D eigenvalue weighted by molar-refractivity contribution is 0.628. The highest BCUT2D eigenvalue weighted by molar-refractivity contribution is 6.31. The third kappa shape index (κ3) is 2.49. The zero-order chi connectivity index (χ0) is 15.8. The molecule has 0 radical (unpaired) electrons. The predicted octanol–water partition coefficient (Wildman–Crippen LogP) is 5.49. The van der Waals surface area contributed by atoms with Crippen LogP contribution in [0.25, 0.3) is 27.7 Å². The molecular weight excluding hydrogens is 311 g/mol. The summed E-state index contributed by atoms with van der Waals surface area (Å²) in [6.45, 7) is 0. The second-order valence-electron chi connectivity index (χ2n) is 5.29. The van der Waals surface area contributed by atoms with E-state index in [1.54, 1.807) is 24.5 Å². The molecule has 0 spiro atoms. The van der Waals surface area contributed by atoms with Crippen LogP contribution in [0.2, 0.25) is 5.02 Å². The Kier molecular flexibility index (Phi) is 3.36. The van der Waals surface area contributed by atoms with Crippen molar-refractivity contribution < 1.29 is 4.39 Å². The normalized spacial score (nSPS) is 11.0. The maximum atomic E-state index is 13.2. The summed E-state index contributed by atoms with van der Waals surface area (Å²) in [6.07, 6.45) is 5.56. The summed E-state index contributed by atoms with van der Waals surface area (Å²) in [5.41, 5.74) is 4.02. The van der Waals surface area contributed by atoms with E-state index >= 15 is 0 Å². The Morgan fingerprint density at radius 1 is 0.913 bits per heavy atom. The fraction of sp³-hybridized carbons (Fsp3) is 0. The summed E-state index contributed by atoms with van der Waals surface area (Å²) >= 11 is 6.18. The van der Waals surface area contributed by atoms with E-state index in [0.717, 1.165) is 27.7 Å². The van der Waals surface area contributed by atoms with Gasteiger partial charge in [0.15, 0.2) is 0 Å². The van der Waals surface area contributed by atoms with Crippen molar-refractivity contribution in [2.45, 2.75) is 0 Å². The molecule has 23 heavy (non-hydrogen) atoms. The van der Waals surface area contributed by atoms with Gasteiger partial charge < -0.3 is 4.57 Å². The second-order valence-corrected chi connectivity index (χ2v) is 5.72. The average molecular weight is 323 g/mol. The summed E-state index contributed by atoms with van der Waals surface area (Å²) in [4.78, 5) is 4.06. The molecule has 0 atom stereocenters. The summed E-state index contributed by atoms with van der Waals surface area (Å²) < 4.78 is 15.3. The Hall–Kier alpha value is -2.65. The van der Waals surface area contributed by atoms with Gasteiger partial charge in [0.25, 0.3) is 0 Å². The van der Waals surface area contributed by atoms with Crippen LogP contribution in [0.5, 0.6) is 0 Å². The highest BCUT2D eigenvalue weighted by Gasteiger charge is 2.12. The molecule has 0 saturated heterocycles. The van der Waals surface area contributed by atoms with Gasteiger partial charge in [-0.15, -0.1) is 0 Å². The highest BCUT2D eigenvalue weighted by Crippen LogP contribution is 2.34. The Morgan fingerprint density at radius 3 is 2.39 bits per heavy atom. The van der Waals surface area contributed by atoms with Gasteiger partial charge in [0, 0.05) is 40.3 Å². The molecule has 0 N–H and O–H groups in total. The van der Waals surface area contributed by atoms with Gasteiger partial charge in [-0.25, -0.2) is 4.39 Å². The van der Waals surface area contributed by atoms with Crippen LogP contribution in [0.3, 0.4) is 0 Å². The molecule has 112 valence electrons. The lowest BCUT2D eigenvalue weighted by atomic mass is 10.1. The first-order valence-electron chi connectivity index (χ1n) is 7.19. The van der Waals surface area contributed by atoms with Crippen LogP contribution >= 0.6 is 11.6 Å². The highest BCUT2D eigenvalue weighted by atomic mass is 35.5. The molecule has 0 amide bonds. The van der Waals surface area contributed by atoms with Gasteiger partial charge in [0.05, 0.1) is 5.52 Å². The van der Waals surface area contributed by atoms with E-state index in [2.05, 4.69) is 9.55 Å². The molecule has 0 aliphatic carbocycles. The first kappa shape index (κ1) is 14.0. The summed E-state index contributed by atoms with van der Waals surface area (Å²) in [6, 6.07) is 16.2. The van der Waals surface area contributed by atoms with Gasteiger partial charge in [0.1, 0.15) is 5.82 Å². The number of rotatable bonds is 2. The first-order chi connectivity index (χ1) is 11.2. The quantitative estimate of drug-likeness (QED) is 0.477. The van der Waals surface area contributed by atoms with Crippen LogP contribution in [-0.2, 0) is 0 Å². The number of nitrogens with zero attached hydrogens (tertiary/aromatic N) is 2. The average Bonchev–Trinajstić information content (AvgIpc) is 2.95. The Morgan fingerprint density at radius 2 is 1.65 bits per heavy atom. The second kappa shape index (κ2) is 5.52. The van der Waals surface area contributed by atoms with E-state index in [4.69, 9.17) is 11.6 Å². The van der Waals surface area contributed by atoms with Crippen LogP contribution in [0, 0.1) is 5.82 Å². The van der Waals surface area contributed by atoms with E-state index in [1.165, 1.54) is 12.1 Å². The molecule has 0 fully saturated rings. The van der Waals surface area contributed by atoms with Crippen molar-refractivity contribution in [1.29, 1.82) is 0 Å². The van der Waals surface area contributed by atoms with E-state index in [-0.39, 0.29) is 5.82 Å². The molecule has 4 aromatic rings. The molecule has 0 unspecified atom stereocenters. The van der Waals surface area contributed by atoms with E-state index in [9.17, 15) is 4.39 Å². The van der Waals surface area contributed by atoms with Crippen molar-refractivity contribution in [3.63, 3.8) is 0 Å². The Labute approximate surface area is 137 Å². The molecule has 2 heterocycles. The maximum Gasteiger partial charge on any atom is 0.123 e. The number of pyridine rings is 1. The zero-order valence-corrected chi connectivity index (χ0v) is 12.8. The van der Waals surface area contributed by atoms with Crippen molar-refractivity contribution in [2.24, 2.45) is 0 Å². The van der Waals surface area contributed by atoms with Gasteiger partial charge in [-0.2, -0.15) is 0 Å². The molecule has 0 aliphatic heterocycles. The molecule has 0 bridgehead atoms. The van der Waals surface area contributed by atoms with Crippen molar-refractivity contribution in [3.05, 3.63) is 84.0 Å². The van der Waals surface area contributed by atoms with Crippen LogP contribution in [0.4, 0.5) is 4.39 Å². The van der Waals surface area contributed by atoms with Crippen LogP contribution < -0.4 is 0 Å². The van der Waals surface area contributed by atoms with Crippen LogP contribution in [-0.4, -0.2) is 9.55 Å². The largest absolute Gasteiger partial charge is 0.316 e. The number of benzene rings is 2. The summed E-state index contributed by atoms with van der Waals surface area (Å²) in [5.74, 6) is -0.246. The number of fused-ring (bicyclic) bond motifs is 1. The lowest BCUT2D eigenvalue weighted by Gasteiger charge is -2.04. The number of hydrogen-bond acceptors (Lipinski definition) is 1. The van der Waals surface area contributed by atoms with E-state index in [0.29, 0.717) is 5.02 Å². The molecule has 2 nitrogen and oxygen atoms in total. The number of aromatic nitrogens is 2. The SMILES string of the molecule is Fc1ccc(-c2cn(-c3ccncc3)c3ccc(Cl)cc23)cc1. The summed E-state index contributed by atoms with van der Waals surface area (Å²) in [7, 11) is 0. The van der Waals surface area contributed by atoms with Crippen molar-refractivity contribution in [3.8, 4) is 16.8 Å². The molecule has 2 aromatic carbocycles. The van der Waals surface area contributed by atoms with Gasteiger partial charge in [0.2, 0.25) is 0 Å². The molecule has 4 rings (SSSR count). The molecule has 4 heteroatoms. The van der Waals surface area contributed by atoms with E-state index in [1.807, 2.05) is 36.5 Å². The third-order valence-electron chi connectivity index (χ3n) is 3.86. The fourth-order valence-electron chi connectivity index (χ4n) is 2.78. The first-order valence-corrected chi connectivity index (χ1v) is 7.57. The van der Waals surface area contributed by atoms with Gasteiger partial charge in [-0.3, -0.25) is 4.98 Å². The van der Waals surface area contributed by atoms with Crippen LogP contribution in [0.1, 0.15) is 0 Å². The fourth-order valence-corrected chi connectivity index (χ4v) is 2.95. The molecule has 2 aromatic heterocycles. The molecule has 0 saturated carbocycles. The number of halogens is 2. The Bertz CT molecular complexity index is 976. The van der Waals surface area contributed by atoms with Crippen LogP contribution in [0.15, 0.2) is 73.2 Å². The Balaban J connectivity index is 2.01. The molecular formula is C19H12ClFN2. The maximum absolute atomic E-state index is 13.2. The minimum Gasteiger partial charge on any atom is -0.316 e. The minimum absolute atomic E-state index is 0.246. The smallest absolute Gasteiger partial charge is 0.123 e.